The Hall–Kier alpha value is -0.0400. The van der Waals surface area contributed by atoms with E-state index in [9.17, 15) is 0 Å². The number of hydrogen-bond acceptors (Lipinski definition) is 1. The summed E-state index contributed by atoms with van der Waals surface area (Å²) in [6.45, 7) is 3.36. The van der Waals surface area contributed by atoms with Gasteiger partial charge in [-0.2, -0.15) is 0 Å². The topological polar surface area (TPSA) is 9.23 Å². The van der Waals surface area contributed by atoms with Crippen molar-refractivity contribution in [1.29, 1.82) is 0 Å². The van der Waals surface area contributed by atoms with Crippen molar-refractivity contribution in [3.63, 3.8) is 0 Å². The van der Waals surface area contributed by atoms with Crippen LogP contribution in [0.15, 0.2) is 0 Å². The molecule has 2 aliphatic rings. The molecule has 82 valence electrons. The second-order valence-corrected chi connectivity index (χ2v) is 5.40. The van der Waals surface area contributed by atoms with Crippen LogP contribution in [0.2, 0.25) is 0 Å². The molecule has 0 spiro atoms. The molecule has 0 aromatic carbocycles. The SMILES string of the molecule is CCC1CC2CCC(COC)CC2C1. The van der Waals surface area contributed by atoms with Gasteiger partial charge < -0.3 is 4.74 Å². The molecule has 2 fully saturated rings. The predicted octanol–water partition coefficient (Wildman–Crippen LogP) is 3.49. The van der Waals surface area contributed by atoms with Crippen molar-refractivity contribution in [2.24, 2.45) is 23.7 Å². The van der Waals surface area contributed by atoms with E-state index in [2.05, 4.69) is 6.92 Å². The first-order chi connectivity index (χ1) is 6.83. The van der Waals surface area contributed by atoms with E-state index < -0.39 is 0 Å². The molecule has 0 heterocycles. The van der Waals surface area contributed by atoms with Crippen LogP contribution in [0.3, 0.4) is 0 Å². The molecule has 2 rings (SSSR count). The fraction of sp³-hybridized carbons (Fsp3) is 1.00. The molecule has 1 nitrogen and oxygen atoms in total. The minimum Gasteiger partial charge on any atom is -0.384 e. The lowest BCUT2D eigenvalue weighted by atomic mass is 9.76. The van der Waals surface area contributed by atoms with Gasteiger partial charge >= 0.3 is 0 Å². The molecule has 4 unspecified atom stereocenters. The maximum absolute atomic E-state index is 5.28. The van der Waals surface area contributed by atoms with Gasteiger partial charge in [-0.25, -0.2) is 0 Å². The molecule has 0 aromatic heterocycles. The highest BCUT2D eigenvalue weighted by Crippen LogP contribution is 2.47. The van der Waals surface area contributed by atoms with E-state index in [4.69, 9.17) is 4.74 Å². The van der Waals surface area contributed by atoms with Crippen LogP contribution in [-0.2, 0) is 4.74 Å². The van der Waals surface area contributed by atoms with E-state index in [1.54, 1.807) is 0 Å². The van der Waals surface area contributed by atoms with Crippen LogP contribution >= 0.6 is 0 Å². The summed E-state index contributed by atoms with van der Waals surface area (Å²) in [7, 11) is 1.84. The summed E-state index contributed by atoms with van der Waals surface area (Å²) in [5, 5.41) is 0. The summed E-state index contributed by atoms with van der Waals surface area (Å²) in [4.78, 5) is 0. The van der Waals surface area contributed by atoms with Crippen LogP contribution in [0.5, 0.6) is 0 Å². The van der Waals surface area contributed by atoms with E-state index in [0.717, 1.165) is 30.3 Å². The molecule has 1 heteroatoms. The zero-order chi connectivity index (χ0) is 9.97. The number of fused-ring (bicyclic) bond motifs is 1. The predicted molar refractivity (Wildman–Crippen MR) is 59.2 cm³/mol. The summed E-state index contributed by atoms with van der Waals surface area (Å²) >= 11 is 0. The van der Waals surface area contributed by atoms with Gasteiger partial charge in [0.25, 0.3) is 0 Å². The van der Waals surface area contributed by atoms with Crippen molar-refractivity contribution in [3.8, 4) is 0 Å². The summed E-state index contributed by atoms with van der Waals surface area (Å²) in [6, 6.07) is 0. The fourth-order valence-corrected chi connectivity index (χ4v) is 3.70. The van der Waals surface area contributed by atoms with E-state index in [1.807, 2.05) is 7.11 Å². The third-order valence-electron chi connectivity index (χ3n) is 4.50. The summed E-state index contributed by atoms with van der Waals surface area (Å²) < 4.78 is 5.28. The van der Waals surface area contributed by atoms with Gasteiger partial charge in [0, 0.05) is 13.7 Å². The van der Waals surface area contributed by atoms with Crippen LogP contribution in [0.1, 0.15) is 45.4 Å². The zero-order valence-electron chi connectivity index (χ0n) is 9.67. The second kappa shape index (κ2) is 4.65. The van der Waals surface area contributed by atoms with Gasteiger partial charge in [-0.3, -0.25) is 0 Å². The first kappa shape index (κ1) is 10.5. The standard InChI is InChI=1S/C13H24O/c1-3-10-6-12-5-4-11(9-14-2)8-13(12)7-10/h10-13H,3-9H2,1-2H3. The zero-order valence-corrected chi connectivity index (χ0v) is 9.67. The average molecular weight is 196 g/mol. The molecule has 0 amide bonds. The number of rotatable bonds is 3. The van der Waals surface area contributed by atoms with E-state index in [-0.39, 0.29) is 0 Å². The molecule has 2 saturated carbocycles. The maximum atomic E-state index is 5.28. The summed E-state index contributed by atoms with van der Waals surface area (Å²) in [6.07, 6.45) is 8.81. The Labute approximate surface area is 88.2 Å². The van der Waals surface area contributed by atoms with Gasteiger partial charge in [0.15, 0.2) is 0 Å². The Morgan fingerprint density at radius 1 is 1.00 bits per heavy atom. The lowest BCUT2D eigenvalue weighted by molar-refractivity contribution is 0.0994. The molecule has 2 aliphatic carbocycles. The lowest BCUT2D eigenvalue weighted by Crippen LogP contribution is -2.23. The Morgan fingerprint density at radius 3 is 2.43 bits per heavy atom. The number of ether oxygens (including phenoxy) is 1. The molecular formula is C13H24O. The molecule has 0 radical (unpaired) electrons. The first-order valence-electron chi connectivity index (χ1n) is 6.32. The molecular weight excluding hydrogens is 172 g/mol. The molecule has 14 heavy (non-hydrogen) atoms. The first-order valence-corrected chi connectivity index (χ1v) is 6.32. The summed E-state index contributed by atoms with van der Waals surface area (Å²) in [5.41, 5.74) is 0. The van der Waals surface area contributed by atoms with Gasteiger partial charge in [-0.1, -0.05) is 13.3 Å². The van der Waals surface area contributed by atoms with Gasteiger partial charge in [0.2, 0.25) is 0 Å². The van der Waals surface area contributed by atoms with Crippen molar-refractivity contribution in [2.75, 3.05) is 13.7 Å². The van der Waals surface area contributed by atoms with E-state index in [1.165, 1.54) is 38.5 Å². The highest BCUT2D eigenvalue weighted by atomic mass is 16.5. The van der Waals surface area contributed by atoms with Crippen molar-refractivity contribution in [1.82, 2.24) is 0 Å². The van der Waals surface area contributed by atoms with Crippen molar-refractivity contribution in [2.45, 2.75) is 45.4 Å². The van der Waals surface area contributed by atoms with Gasteiger partial charge in [0.05, 0.1) is 0 Å². The maximum Gasteiger partial charge on any atom is 0.0490 e. The Balaban J connectivity index is 1.85. The van der Waals surface area contributed by atoms with E-state index in [0.29, 0.717) is 0 Å². The van der Waals surface area contributed by atoms with Gasteiger partial charge in [-0.05, 0) is 55.8 Å². The number of hydrogen-bond donors (Lipinski definition) is 0. The highest BCUT2D eigenvalue weighted by molar-refractivity contribution is 4.88. The quantitative estimate of drug-likeness (QED) is 0.671. The molecule has 0 aromatic rings. The second-order valence-electron chi connectivity index (χ2n) is 5.40. The van der Waals surface area contributed by atoms with E-state index >= 15 is 0 Å². The lowest BCUT2D eigenvalue weighted by Gasteiger charge is -2.31. The van der Waals surface area contributed by atoms with Crippen LogP contribution in [0.25, 0.3) is 0 Å². The Kier molecular flexibility index (Phi) is 3.48. The fourth-order valence-electron chi connectivity index (χ4n) is 3.70. The van der Waals surface area contributed by atoms with Gasteiger partial charge in [-0.15, -0.1) is 0 Å². The third kappa shape index (κ3) is 2.13. The smallest absolute Gasteiger partial charge is 0.0490 e. The van der Waals surface area contributed by atoms with Crippen molar-refractivity contribution in [3.05, 3.63) is 0 Å². The molecule has 0 saturated heterocycles. The minimum absolute atomic E-state index is 0.872. The van der Waals surface area contributed by atoms with Crippen molar-refractivity contribution < 1.29 is 4.74 Å². The van der Waals surface area contributed by atoms with Crippen LogP contribution in [-0.4, -0.2) is 13.7 Å². The van der Waals surface area contributed by atoms with Crippen molar-refractivity contribution >= 4 is 0 Å². The normalized spacial score (nSPS) is 42.4. The number of methoxy groups -OCH3 is 1. The van der Waals surface area contributed by atoms with Crippen LogP contribution in [0.4, 0.5) is 0 Å². The monoisotopic (exact) mass is 196 g/mol. The van der Waals surface area contributed by atoms with Crippen LogP contribution < -0.4 is 0 Å². The minimum atomic E-state index is 0.872. The molecule has 0 bridgehead atoms. The van der Waals surface area contributed by atoms with Gasteiger partial charge in [0.1, 0.15) is 0 Å². The largest absolute Gasteiger partial charge is 0.384 e. The average Bonchev–Trinajstić information content (AvgIpc) is 2.60. The highest BCUT2D eigenvalue weighted by Gasteiger charge is 2.37. The Morgan fingerprint density at radius 2 is 1.71 bits per heavy atom. The summed E-state index contributed by atoms with van der Waals surface area (Å²) in [5.74, 6) is 4.05. The Bertz CT molecular complexity index is 178. The van der Waals surface area contributed by atoms with Crippen LogP contribution in [0, 0.1) is 23.7 Å². The molecule has 4 atom stereocenters. The molecule has 0 N–H and O–H groups in total. The third-order valence-corrected chi connectivity index (χ3v) is 4.50. The molecule has 0 aliphatic heterocycles.